The molecule has 4 aliphatic carbocycles. The lowest BCUT2D eigenvalue weighted by Crippen LogP contribution is -2.45. The third kappa shape index (κ3) is 2.97. The highest BCUT2D eigenvalue weighted by Gasteiger charge is 2.56. The van der Waals surface area contributed by atoms with Gasteiger partial charge in [-0.2, -0.15) is 0 Å². The van der Waals surface area contributed by atoms with Crippen molar-refractivity contribution in [2.75, 3.05) is 0 Å². The van der Waals surface area contributed by atoms with Gasteiger partial charge in [-0.05, 0) is 92.4 Å². The second-order valence-electron chi connectivity index (χ2n) is 10.2. The summed E-state index contributed by atoms with van der Waals surface area (Å²) in [4.78, 5) is 12.8. The third-order valence-electron chi connectivity index (χ3n) is 8.82. The maximum absolute atomic E-state index is 12.8. The maximum atomic E-state index is 12.8. The van der Waals surface area contributed by atoms with Crippen LogP contribution in [0, 0.1) is 23.2 Å². The van der Waals surface area contributed by atoms with Gasteiger partial charge in [0.25, 0.3) is 0 Å². The van der Waals surface area contributed by atoms with Crippen LogP contribution in [0.4, 0.5) is 0 Å². The molecular formula is C25H34O3. The molecule has 0 aromatic heterocycles. The zero-order valence-corrected chi connectivity index (χ0v) is 17.2. The molecule has 3 fully saturated rings. The van der Waals surface area contributed by atoms with Gasteiger partial charge < -0.3 is 9.84 Å². The first-order valence-corrected chi connectivity index (χ1v) is 11.6. The van der Waals surface area contributed by atoms with Crippen LogP contribution >= 0.6 is 0 Å². The van der Waals surface area contributed by atoms with Gasteiger partial charge in [0, 0.05) is 5.41 Å². The van der Waals surface area contributed by atoms with E-state index in [1.54, 1.807) is 0 Å². The van der Waals surface area contributed by atoms with E-state index in [9.17, 15) is 9.90 Å². The normalized spacial score (nSPS) is 37.6. The molecule has 4 aliphatic rings. The average molecular weight is 383 g/mol. The van der Waals surface area contributed by atoms with E-state index in [-0.39, 0.29) is 23.4 Å². The summed E-state index contributed by atoms with van der Waals surface area (Å²) in [6.07, 6.45) is 12.7. The smallest absolute Gasteiger partial charge is 0.309 e. The van der Waals surface area contributed by atoms with Crippen LogP contribution < -0.4 is 0 Å². The fraction of sp³-hybridized carbons (Fsp3) is 0.720. The van der Waals surface area contributed by atoms with Crippen LogP contribution in [0.25, 0.3) is 0 Å². The van der Waals surface area contributed by atoms with E-state index in [2.05, 4.69) is 13.0 Å². The Morgan fingerprint density at radius 2 is 1.89 bits per heavy atom. The number of carbonyl (C=O) groups is 1. The van der Waals surface area contributed by atoms with Crippen molar-refractivity contribution in [2.24, 2.45) is 23.2 Å². The summed E-state index contributed by atoms with van der Waals surface area (Å²) in [6.45, 7) is 2.41. The number of rotatable bonds is 2. The monoisotopic (exact) mass is 382 g/mol. The minimum atomic E-state index is 0.0955. The van der Waals surface area contributed by atoms with Crippen molar-refractivity contribution >= 4 is 5.97 Å². The number of aromatic hydroxyl groups is 1. The predicted octanol–water partition coefficient (Wildman–Crippen LogP) is 5.74. The molecule has 0 bridgehead atoms. The lowest BCUT2D eigenvalue weighted by Gasteiger charge is -2.50. The van der Waals surface area contributed by atoms with Crippen molar-refractivity contribution in [3.63, 3.8) is 0 Å². The topological polar surface area (TPSA) is 46.5 Å². The van der Waals surface area contributed by atoms with Crippen molar-refractivity contribution in [3.05, 3.63) is 29.3 Å². The van der Waals surface area contributed by atoms with Gasteiger partial charge >= 0.3 is 5.97 Å². The molecule has 5 rings (SSSR count). The van der Waals surface area contributed by atoms with Gasteiger partial charge in [0.2, 0.25) is 0 Å². The molecule has 28 heavy (non-hydrogen) atoms. The largest absolute Gasteiger partial charge is 0.508 e. The van der Waals surface area contributed by atoms with Crippen molar-refractivity contribution in [3.8, 4) is 5.75 Å². The van der Waals surface area contributed by atoms with E-state index in [1.165, 1.54) is 49.7 Å². The third-order valence-corrected chi connectivity index (χ3v) is 8.82. The Labute approximate surface area is 168 Å². The molecule has 0 aliphatic heterocycles. The number of benzene rings is 1. The Balaban J connectivity index is 1.33. The summed E-state index contributed by atoms with van der Waals surface area (Å²) < 4.78 is 6.22. The molecule has 5 atom stereocenters. The van der Waals surface area contributed by atoms with E-state index in [0.29, 0.717) is 23.5 Å². The van der Waals surface area contributed by atoms with Gasteiger partial charge in [-0.3, -0.25) is 4.79 Å². The first-order chi connectivity index (χ1) is 13.6. The van der Waals surface area contributed by atoms with E-state index < -0.39 is 0 Å². The predicted molar refractivity (Wildman–Crippen MR) is 109 cm³/mol. The summed E-state index contributed by atoms with van der Waals surface area (Å²) in [7, 11) is 0. The summed E-state index contributed by atoms with van der Waals surface area (Å²) >= 11 is 0. The van der Waals surface area contributed by atoms with Gasteiger partial charge in [0.05, 0.1) is 5.92 Å². The highest BCUT2D eigenvalue weighted by atomic mass is 16.5. The van der Waals surface area contributed by atoms with E-state index in [1.807, 2.05) is 12.1 Å². The number of ether oxygens (including phenoxy) is 1. The van der Waals surface area contributed by atoms with Crippen LogP contribution in [0.2, 0.25) is 0 Å². The molecule has 0 unspecified atom stereocenters. The zero-order chi connectivity index (χ0) is 19.3. The van der Waals surface area contributed by atoms with E-state index in [0.717, 1.165) is 32.1 Å². The van der Waals surface area contributed by atoms with E-state index >= 15 is 0 Å². The van der Waals surface area contributed by atoms with Crippen molar-refractivity contribution in [1.29, 1.82) is 0 Å². The summed E-state index contributed by atoms with van der Waals surface area (Å²) in [5.74, 6) is 2.63. The Bertz CT molecular complexity index is 750. The molecule has 1 aromatic rings. The molecule has 152 valence electrons. The first kappa shape index (κ1) is 18.5. The highest BCUT2D eigenvalue weighted by Crippen LogP contribution is 2.61. The van der Waals surface area contributed by atoms with Crippen LogP contribution in [0.15, 0.2) is 18.2 Å². The Morgan fingerprint density at radius 3 is 2.71 bits per heavy atom. The fourth-order valence-corrected chi connectivity index (χ4v) is 7.29. The number of aryl methyl sites for hydroxylation is 1. The quantitative estimate of drug-likeness (QED) is 0.663. The highest BCUT2D eigenvalue weighted by molar-refractivity contribution is 5.72. The van der Waals surface area contributed by atoms with Gasteiger partial charge in [-0.25, -0.2) is 0 Å². The SMILES string of the molecule is C[C@]12CC[C@@H]3c4ccc(O)cc4CC[C@@H]3[C@@H]1CC[C@@H]2OC(=O)C1CCCCC1. The van der Waals surface area contributed by atoms with Crippen LogP contribution in [0.3, 0.4) is 0 Å². The Morgan fingerprint density at radius 1 is 1.07 bits per heavy atom. The first-order valence-electron chi connectivity index (χ1n) is 11.6. The number of hydrogen-bond donors (Lipinski definition) is 1. The molecular weight excluding hydrogens is 348 g/mol. The van der Waals surface area contributed by atoms with Crippen molar-refractivity contribution in [2.45, 2.75) is 89.6 Å². The van der Waals surface area contributed by atoms with Gasteiger partial charge in [-0.15, -0.1) is 0 Å². The molecule has 1 aromatic carbocycles. The standard InChI is InChI=1S/C25H34O3/c1-25-14-13-20-19-10-8-18(26)15-17(19)7-9-21(20)22(25)11-12-23(25)28-24(27)16-5-3-2-4-6-16/h8,10,15-16,20-23,26H,2-7,9,11-14H2,1H3/t20-,21+,22+,23+,25+/m1/s1. The molecule has 0 saturated heterocycles. The van der Waals surface area contributed by atoms with E-state index in [4.69, 9.17) is 4.74 Å². The summed E-state index contributed by atoms with van der Waals surface area (Å²) in [5, 5.41) is 9.85. The average Bonchev–Trinajstić information content (AvgIpc) is 3.04. The molecule has 0 radical (unpaired) electrons. The van der Waals surface area contributed by atoms with Crippen LogP contribution in [0.1, 0.15) is 88.2 Å². The molecule has 3 nitrogen and oxygen atoms in total. The molecule has 0 amide bonds. The molecule has 0 spiro atoms. The van der Waals surface area contributed by atoms with Gasteiger partial charge in [0.15, 0.2) is 0 Å². The second-order valence-corrected chi connectivity index (χ2v) is 10.2. The minimum Gasteiger partial charge on any atom is -0.508 e. The number of esters is 1. The summed E-state index contributed by atoms with van der Waals surface area (Å²) in [5.41, 5.74) is 2.97. The van der Waals surface area contributed by atoms with Gasteiger partial charge in [0.1, 0.15) is 11.9 Å². The number of fused-ring (bicyclic) bond motifs is 5. The summed E-state index contributed by atoms with van der Waals surface area (Å²) in [6, 6.07) is 6.00. The Kier molecular flexibility index (Phi) is 4.68. The van der Waals surface area contributed by atoms with Crippen LogP contribution in [0.5, 0.6) is 5.75 Å². The lowest BCUT2D eigenvalue weighted by molar-refractivity contribution is -0.163. The number of phenols is 1. The Hall–Kier alpha value is -1.51. The second kappa shape index (κ2) is 7.07. The minimum absolute atomic E-state index is 0.0955. The number of hydrogen-bond acceptors (Lipinski definition) is 3. The fourth-order valence-electron chi connectivity index (χ4n) is 7.29. The molecule has 3 heteroatoms. The molecule has 3 saturated carbocycles. The van der Waals surface area contributed by atoms with Crippen LogP contribution in [-0.4, -0.2) is 17.2 Å². The molecule has 1 N–H and O–H groups in total. The van der Waals surface area contributed by atoms with Crippen LogP contribution in [-0.2, 0) is 16.0 Å². The molecule has 0 heterocycles. The maximum Gasteiger partial charge on any atom is 0.309 e. The van der Waals surface area contributed by atoms with Crippen molar-refractivity contribution in [1.82, 2.24) is 0 Å². The van der Waals surface area contributed by atoms with Crippen molar-refractivity contribution < 1.29 is 14.6 Å². The number of carbonyl (C=O) groups excluding carboxylic acids is 1. The number of phenolic OH excluding ortho intramolecular Hbond substituents is 1. The lowest BCUT2D eigenvalue weighted by atomic mass is 9.55. The zero-order valence-electron chi connectivity index (χ0n) is 17.2. The van der Waals surface area contributed by atoms with Gasteiger partial charge in [-0.1, -0.05) is 32.3 Å².